The lowest BCUT2D eigenvalue weighted by molar-refractivity contribution is -0.142. The van der Waals surface area contributed by atoms with Gasteiger partial charge in [0, 0.05) is 35.5 Å². The van der Waals surface area contributed by atoms with Gasteiger partial charge in [0.15, 0.2) is 6.04 Å². The van der Waals surface area contributed by atoms with E-state index in [1.807, 2.05) is 30.5 Å². The SMILES string of the molecule is O=C(CCc1nc(-c2cccc3[nH]ccc23)no1)N[C@@H](C(=O)O)c1ccccc1. The maximum Gasteiger partial charge on any atom is 0.330 e. The van der Waals surface area contributed by atoms with Gasteiger partial charge in [-0.25, -0.2) is 4.79 Å². The Morgan fingerprint density at radius 1 is 1.10 bits per heavy atom. The molecule has 0 unspecified atom stereocenters. The second-order valence-corrected chi connectivity index (χ2v) is 6.51. The largest absolute Gasteiger partial charge is 0.479 e. The van der Waals surface area contributed by atoms with Crippen LogP contribution in [0.25, 0.3) is 22.3 Å². The van der Waals surface area contributed by atoms with Crippen molar-refractivity contribution < 1.29 is 19.2 Å². The Hall–Kier alpha value is -3.94. The van der Waals surface area contributed by atoms with E-state index in [9.17, 15) is 14.7 Å². The summed E-state index contributed by atoms with van der Waals surface area (Å²) in [6.07, 6.45) is 2.08. The molecule has 0 aliphatic carbocycles. The van der Waals surface area contributed by atoms with E-state index in [-0.39, 0.29) is 12.8 Å². The molecule has 0 bridgehead atoms. The first kappa shape index (κ1) is 18.4. The van der Waals surface area contributed by atoms with Crippen molar-refractivity contribution in [1.29, 1.82) is 0 Å². The molecule has 0 aliphatic rings. The Morgan fingerprint density at radius 2 is 1.93 bits per heavy atom. The first-order valence-corrected chi connectivity index (χ1v) is 9.08. The summed E-state index contributed by atoms with van der Waals surface area (Å²) in [7, 11) is 0. The van der Waals surface area contributed by atoms with Crippen LogP contribution in [0.1, 0.15) is 23.9 Å². The van der Waals surface area contributed by atoms with Gasteiger partial charge in [0.2, 0.25) is 17.6 Å². The summed E-state index contributed by atoms with van der Waals surface area (Å²) in [5.74, 6) is -0.773. The molecule has 1 atom stereocenters. The highest BCUT2D eigenvalue weighted by Crippen LogP contribution is 2.26. The minimum Gasteiger partial charge on any atom is -0.479 e. The zero-order chi connectivity index (χ0) is 20.2. The number of carboxylic acid groups (broad SMARTS) is 1. The number of carbonyl (C=O) groups excluding carboxylic acids is 1. The lowest BCUT2D eigenvalue weighted by atomic mass is 10.1. The molecule has 0 radical (unpaired) electrons. The molecule has 146 valence electrons. The number of amides is 1. The molecule has 3 N–H and O–H groups in total. The fourth-order valence-corrected chi connectivity index (χ4v) is 3.13. The molecule has 0 fully saturated rings. The lowest BCUT2D eigenvalue weighted by Gasteiger charge is -2.14. The van der Waals surface area contributed by atoms with Gasteiger partial charge in [-0.1, -0.05) is 47.6 Å². The number of rotatable bonds is 7. The zero-order valence-electron chi connectivity index (χ0n) is 15.3. The van der Waals surface area contributed by atoms with E-state index in [0.717, 1.165) is 16.5 Å². The van der Waals surface area contributed by atoms with Crippen LogP contribution in [0, 0.1) is 0 Å². The van der Waals surface area contributed by atoms with Crippen LogP contribution in [-0.2, 0) is 16.0 Å². The van der Waals surface area contributed by atoms with Crippen molar-refractivity contribution in [2.24, 2.45) is 0 Å². The van der Waals surface area contributed by atoms with Gasteiger partial charge in [-0.05, 0) is 17.7 Å². The Kier molecular flexibility index (Phi) is 5.07. The van der Waals surface area contributed by atoms with Crippen LogP contribution < -0.4 is 5.32 Å². The maximum atomic E-state index is 12.3. The predicted molar refractivity (Wildman–Crippen MR) is 105 cm³/mol. The number of aliphatic carboxylic acids is 1. The molecule has 1 amide bonds. The van der Waals surface area contributed by atoms with E-state index in [0.29, 0.717) is 17.3 Å². The summed E-state index contributed by atoms with van der Waals surface area (Å²) in [6, 6.07) is 15.1. The van der Waals surface area contributed by atoms with Gasteiger partial charge in [0.1, 0.15) is 0 Å². The highest BCUT2D eigenvalue weighted by Gasteiger charge is 2.22. The third-order valence-electron chi connectivity index (χ3n) is 4.56. The molecule has 4 rings (SSSR count). The van der Waals surface area contributed by atoms with Crippen LogP contribution in [0.5, 0.6) is 0 Å². The van der Waals surface area contributed by atoms with E-state index >= 15 is 0 Å². The van der Waals surface area contributed by atoms with Crippen LogP contribution in [0.4, 0.5) is 0 Å². The second-order valence-electron chi connectivity index (χ2n) is 6.51. The fourth-order valence-electron chi connectivity index (χ4n) is 3.13. The van der Waals surface area contributed by atoms with Crippen LogP contribution in [-0.4, -0.2) is 32.1 Å². The minimum absolute atomic E-state index is 0.0343. The molecule has 0 aliphatic heterocycles. The smallest absolute Gasteiger partial charge is 0.330 e. The van der Waals surface area contributed by atoms with Crippen LogP contribution in [0.15, 0.2) is 65.3 Å². The van der Waals surface area contributed by atoms with E-state index in [2.05, 4.69) is 20.4 Å². The van der Waals surface area contributed by atoms with Crippen LogP contribution >= 0.6 is 0 Å². The van der Waals surface area contributed by atoms with E-state index < -0.39 is 17.9 Å². The Labute approximate surface area is 165 Å². The van der Waals surface area contributed by atoms with Gasteiger partial charge in [-0.3, -0.25) is 4.79 Å². The molecule has 0 spiro atoms. The molecule has 8 nitrogen and oxygen atoms in total. The van der Waals surface area contributed by atoms with Crippen molar-refractivity contribution in [3.8, 4) is 11.4 Å². The third kappa shape index (κ3) is 4.01. The number of hydrogen-bond donors (Lipinski definition) is 3. The van der Waals surface area contributed by atoms with Gasteiger partial charge >= 0.3 is 5.97 Å². The van der Waals surface area contributed by atoms with E-state index in [1.54, 1.807) is 30.3 Å². The molecule has 0 saturated carbocycles. The molecule has 2 heterocycles. The van der Waals surface area contributed by atoms with Crippen molar-refractivity contribution in [2.45, 2.75) is 18.9 Å². The summed E-state index contributed by atoms with van der Waals surface area (Å²) in [5.41, 5.74) is 2.31. The monoisotopic (exact) mass is 390 g/mol. The molecular weight excluding hydrogens is 372 g/mol. The third-order valence-corrected chi connectivity index (χ3v) is 4.56. The molecule has 4 aromatic rings. The number of carboxylic acids is 1. The molecule has 0 saturated heterocycles. The fraction of sp³-hybridized carbons (Fsp3) is 0.143. The average Bonchev–Trinajstić information content (AvgIpc) is 3.40. The summed E-state index contributed by atoms with van der Waals surface area (Å²) in [4.78, 5) is 31.2. The average molecular weight is 390 g/mol. The van der Waals surface area contributed by atoms with E-state index in [4.69, 9.17) is 4.52 Å². The summed E-state index contributed by atoms with van der Waals surface area (Å²) < 4.78 is 5.26. The maximum absolute atomic E-state index is 12.3. The summed E-state index contributed by atoms with van der Waals surface area (Å²) >= 11 is 0. The lowest BCUT2D eigenvalue weighted by Crippen LogP contribution is -2.33. The number of aromatic amines is 1. The normalized spacial score (nSPS) is 12.0. The highest BCUT2D eigenvalue weighted by molar-refractivity contribution is 5.93. The highest BCUT2D eigenvalue weighted by atomic mass is 16.5. The number of H-pyrrole nitrogens is 1. The summed E-state index contributed by atoms with van der Waals surface area (Å²) in [5, 5.41) is 16.9. The van der Waals surface area contributed by atoms with Gasteiger partial charge in [0.25, 0.3) is 0 Å². The van der Waals surface area contributed by atoms with Crippen molar-refractivity contribution in [3.63, 3.8) is 0 Å². The summed E-state index contributed by atoms with van der Waals surface area (Å²) in [6.45, 7) is 0. The van der Waals surface area contributed by atoms with Gasteiger partial charge < -0.3 is 19.9 Å². The quantitative estimate of drug-likeness (QED) is 0.446. The molecule has 2 aromatic heterocycles. The molecule has 2 aromatic carbocycles. The number of fused-ring (bicyclic) bond motifs is 1. The number of carbonyl (C=O) groups is 2. The molecule has 29 heavy (non-hydrogen) atoms. The first-order chi connectivity index (χ1) is 14.1. The minimum atomic E-state index is -1.12. The first-order valence-electron chi connectivity index (χ1n) is 9.08. The molecular formula is C21H18N4O4. The van der Waals surface area contributed by atoms with E-state index in [1.165, 1.54) is 0 Å². The van der Waals surface area contributed by atoms with Crippen LogP contribution in [0.2, 0.25) is 0 Å². The molecule has 8 heteroatoms. The number of aromatic nitrogens is 3. The standard InChI is InChI=1S/C21H18N4O4/c26-17(23-19(21(27)28)13-5-2-1-3-6-13)9-10-18-24-20(25-29-18)15-7-4-8-16-14(15)11-12-22-16/h1-8,11-12,19,22H,9-10H2,(H,23,26)(H,27,28)/t19-/m1/s1. The van der Waals surface area contributed by atoms with Crippen molar-refractivity contribution in [1.82, 2.24) is 20.4 Å². The second kappa shape index (κ2) is 7.97. The predicted octanol–water partition coefficient (Wildman–Crippen LogP) is 3.09. The number of nitrogens with one attached hydrogen (secondary N) is 2. The van der Waals surface area contributed by atoms with Gasteiger partial charge in [-0.2, -0.15) is 4.98 Å². The number of nitrogens with zero attached hydrogens (tertiary/aromatic N) is 2. The number of hydrogen-bond acceptors (Lipinski definition) is 5. The zero-order valence-corrected chi connectivity index (χ0v) is 15.3. The Morgan fingerprint density at radius 3 is 2.72 bits per heavy atom. The van der Waals surface area contributed by atoms with Crippen molar-refractivity contribution in [2.75, 3.05) is 0 Å². The van der Waals surface area contributed by atoms with Gasteiger partial charge in [-0.15, -0.1) is 0 Å². The number of benzene rings is 2. The van der Waals surface area contributed by atoms with Gasteiger partial charge in [0.05, 0.1) is 0 Å². The topological polar surface area (TPSA) is 121 Å². The van der Waals surface area contributed by atoms with Crippen LogP contribution in [0.3, 0.4) is 0 Å². The van der Waals surface area contributed by atoms with Crippen molar-refractivity contribution in [3.05, 3.63) is 72.2 Å². The number of aryl methyl sites for hydroxylation is 1. The Bertz CT molecular complexity index is 1150. The van der Waals surface area contributed by atoms with Crippen molar-refractivity contribution >= 4 is 22.8 Å². The Balaban J connectivity index is 1.41.